The molecule has 0 amide bonds. The van der Waals surface area contributed by atoms with Crippen molar-refractivity contribution in [3.63, 3.8) is 0 Å². The lowest BCUT2D eigenvalue weighted by Gasteiger charge is -2.23. The summed E-state index contributed by atoms with van der Waals surface area (Å²) >= 11 is 0. The van der Waals surface area contributed by atoms with E-state index in [-0.39, 0.29) is 18.0 Å². The molecule has 1 aromatic rings. The molecule has 0 unspecified atom stereocenters. The molecule has 1 heterocycles. The van der Waals surface area contributed by atoms with Crippen LogP contribution in [0.4, 0.5) is 13.2 Å². The van der Waals surface area contributed by atoms with Crippen molar-refractivity contribution in [2.45, 2.75) is 24.2 Å². The fourth-order valence-corrected chi connectivity index (χ4v) is 3.21. The zero-order chi connectivity index (χ0) is 16.4. The predicted molar refractivity (Wildman–Crippen MR) is 77.1 cm³/mol. The Hall–Kier alpha value is -1.12. The van der Waals surface area contributed by atoms with E-state index in [1.165, 1.54) is 6.07 Å². The van der Waals surface area contributed by atoms with E-state index in [2.05, 4.69) is 0 Å². The first kappa shape index (κ1) is 17.2. The molecule has 1 aliphatic heterocycles. The molecular formula is C14H19F3N2O2S. The van der Waals surface area contributed by atoms with Gasteiger partial charge in [-0.25, -0.2) is 13.3 Å². The molecule has 0 aliphatic carbocycles. The lowest BCUT2D eigenvalue weighted by molar-refractivity contribution is -0.244. The van der Waals surface area contributed by atoms with Crippen molar-refractivity contribution < 1.29 is 21.6 Å². The normalized spacial score (nSPS) is 19.1. The third-order valence-corrected chi connectivity index (χ3v) is 4.79. The molecule has 2 rings (SSSR count). The van der Waals surface area contributed by atoms with Crippen LogP contribution >= 0.6 is 0 Å². The van der Waals surface area contributed by atoms with Gasteiger partial charge in [-0.1, -0.05) is 12.1 Å². The summed E-state index contributed by atoms with van der Waals surface area (Å²) in [6.45, 7) is 1.27. The number of benzene rings is 1. The highest BCUT2D eigenvalue weighted by atomic mass is 32.2. The summed E-state index contributed by atoms with van der Waals surface area (Å²) in [6, 6.07) is 6.56. The zero-order valence-corrected chi connectivity index (χ0v) is 13.1. The minimum atomic E-state index is -4.29. The molecule has 0 spiro atoms. The number of alkyl halides is 3. The second-order valence-corrected chi connectivity index (χ2v) is 7.52. The lowest BCUT2D eigenvalue weighted by Crippen LogP contribution is -2.40. The van der Waals surface area contributed by atoms with Gasteiger partial charge in [0.2, 0.25) is 0 Å². The molecular weight excluding hydrogens is 317 g/mol. The maximum Gasteiger partial charge on any atom is 0.459 e. The van der Waals surface area contributed by atoms with E-state index in [1.807, 2.05) is 4.90 Å². The van der Waals surface area contributed by atoms with Crippen LogP contribution in [0.2, 0.25) is 0 Å². The Labute approximate surface area is 128 Å². The Morgan fingerprint density at radius 2 is 1.86 bits per heavy atom. The fraction of sp³-hybridized carbons (Fsp3) is 0.571. The van der Waals surface area contributed by atoms with Crippen LogP contribution < -0.4 is 0 Å². The van der Waals surface area contributed by atoms with E-state index >= 15 is 0 Å². The highest BCUT2D eigenvalue weighted by Gasteiger charge is 2.37. The van der Waals surface area contributed by atoms with Gasteiger partial charge in [0.15, 0.2) is 9.84 Å². The van der Waals surface area contributed by atoms with E-state index in [4.69, 9.17) is 0 Å². The largest absolute Gasteiger partial charge is 0.459 e. The van der Waals surface area contributed by atoms with Crippen LogP contribution in [-0.2, 0) is 16.4 Å². The van der Waals surface area contributed by atoms with Crippen LogP contribution in [0.3, 0.4) is 0 Å². The Balaban J connectivity index is 2.03. The van der Waals surface area contributed by atoms with Gasteiger partial charge in [0.05, 0.1) is 4.90 Å². The highest BCUT2D eigenvalue weighted by Crippen LogP contribution is 2.23. The molecule has 0 atom stereocenters. The Bertz CT molecular complexity index is 617. The summed E-state index contributed by atoms with van der Waals surface area (Å²) in [5.41, 5.74) is 0.795. The van der Waals surface area contributed by atoms with Crippen LogP contribution in [-0.4, -0.2) is 57.0 Å². The van der Waals surface area contributed by atoms with Crippen molar-refractivity contribution in [3.8, 4) is 0 Å². The number of hydrogen-bond donors (Lipinski definition) is 0. The van der Waals surface area contributed by atoms with Crippen molar-refractivity contribution in [3.05, 3.63) is 29.8 Å². The molecule has 1 aromatic carbocycles. The van der Waals surface area contributed by atoms with E-state index in [0.717, 1.165) is 11.8 Å². The number of hydrogen-bond acceptors (Lipinski definition) is 4. The smallest absolute Gasteiger partial charge is 0.298 e. The summed E-state index contributed by atoms with van der Waals surface area (Å²) in [4.78, 5) is 2.68. The van der Waals surface area contributed by atoms with Crippen LogP contribution in [0.5, 0.6) is 0 Å². The van der Waals surface area contributed by atoms with Gasteiger partial charge >= 0.3 is 6.30 Å². The average molecular weight is 336 g/mol. The van der Waals surface area contributed by atoms with Gasteiger partial charge in [0, 0.05) is 32.4 Å². The van der Waals surface area contributed by atoms with Gasteiger partial charge in [-0.2, -0.15) is 13.2 Å². The topological polar surface area (TPSA) is 40.6 Å². The Kier molecular flexibility index (Phi) is 5.14. The van der Waals surface area contributed by atoms with Crippen molar-refractivity contribution in [2.24, 2.45) is 0 Å². The first-order valence-corrected chi connectivity index (χ1v) is 8.88. The molecule has 0 saturated carbocycles. The van der Waals surface area contributed by atoms with Gasteiger partial charge in [-0.3, -0.25) is 4.90 Å². The molecule has 0 N–H and O–H groups in total. The first-order chi connectivity index (χ1) is 10.2. The minimum Gasteiger partial charge on any atom is -0.298 e. The molecule has 0 bridgehead atoms. The molecule has 0 radical (unpaired) electrons. The molecule has 1 aliphatic rings. The van der Waals surface area contributed by atoms with Gasteiger partial charge < -0.3 is 0 Å². The third-order valence-electron chi connectivity index (χ3n) is 3.68. The standard InChI is InChI=1S/C14H19F3N2O2S/c1-22(20,21)13-5-2-4-12(10-13)11-18-6-3-7-19(9-8-18)14(15,16)17/h2,4-5,10H,3,6-9,11H2,1H3. The molecule has 4 nitrogen and oxygen atoms in total. The lowest BCUT2D eigenvalue weighted by atomic mass is 10.2. The van der Waals surface area contributed by atoms with Crippen LogP contribution in [0.25, 0.3) is 0 Å². The molecule has 1 saturated heterocycles. The Morgan fingerprint density at radius 3 is 2.50 bits per heavy atom. The number of rotatable bonds is 3. The monoisotopic (exact) mass is 336 g/mol. The second-order valence-electron chi connectivity index (χ2n) is 5.50. The number of halogens is 3. The summed E-state index contributed by atoms with van der Waals surface area (Å²) in [6.07, 6.45) is -2.71. The molecule has 22 heavy (non-hydrogen) atoms. The van der Waals surface area contributed by atoms with E-state index in [0.29, 0.717) is 31.0 Å². The molecule has 124 valence electrons. The van der Waals surface area contributed by atoms with E-state index in [9.17, 15) is 21.6 Å². The van der Waals surface area contributed by atoms with Crippen LogP contribution in [0, 0.1) is 0 Å². The maximum atomic E-state index is 12.7. The molecule has 0 aromatic heterocycles. The molecule has 1 fully saturated rings. The first-order valence-electron chi connectivity index (χ1n) is 6.99. The van der Waals surface area contributed by atoms with Crippen LogP contribution in [0.1, 0.15) is 12.0 Å². The second kappa shape index (κ2) is 6.55. The average Bonchev–Trinajstić information content (AvgIpc) is 2.63. The summed E-state index contributed by atoms with van der Waals surface area (Å²) in [5, 5.41) is 0. The van der Waals surface area contributed by atoms with Gasteiger partial charge in [-0.15, -0.1) is 0 Å². The quantitative estimate of drug-likeness (QED) is 0.793. The summed E-state index contributed by atoms with van der Waals surface area (Å²) in [5.74, 6) is 0. The van der Waals surface area contributed by atoms with Gasteiger partial charge in [-0.05, 0) is 30.7 Å². The van der Waals surface area contributed by atoms with Crippen LogP contribution in [0.15, 0.2) is 29.2 Å². The number of sulfone groups is 1. The van der Waals surface area contributed by atoms with Crippen molar-refractivity contribution in [1.29, 1.82) is 0 Å². The number of nitrogens with zero attached hydrogens (tertiary/aromatic N) is 2. The summed E-state index contributed by atoms with van der Waals surface area (Å²) < 4.78 is 61.2. The maximum absolute atomic E-state index is 12.7. The van der Waals surface area contributed by atoms with E-state index < -0.39 is 16.1 Å². The predicted octanol–water partition coefficient (Wildman–Crippen LogP) is 2.12. The zero-order valence-electron chi connectivity index (χ0n) is 12.3. The SMILES string of the molecule is CS(=O)(=O)c1cccc(CN2CCCN(C(F)(F)F)CC2)c1. The van der Waals surface area contributed by atoms with Gasteiger partial charge in [0.1, 0.15) is 0 Å². The van der Waals surface area contributed by atoms with Crippen molar-refractivity contribution >= 4 is 9.84 Å². The van der Waals surface area contributed by atoms with Crippen molar-refractivity contribution in [2.75, 3.05) is 32.4 Å². The van der Waals surface area contributed by atoms with E-state index in [1.54, 1.807) is 18.2 Å². The minimum absolute atomic E-state index is 0.00335. The molecule has 8 heteroatoms. The van der Waals surface area contributed by atoms with Crippen molar-refractivity contribution in [1.82, 2.24) is 9.80 Å². The van der Waals surface area contributed by atoms with Gasteiger partial charge in [0.25, 0.3) is 0 Å². The highest BCUT2D eigenvalue weighted by molar-refractivity contribution is 7.90. The Morgan fingerprint density at radius 1 is 1.14 bits per heavy atom. The fourth-order valence-electron chi connectivity index (χ4n) is 2.52. The summed E-state index contributed by atoms with van der Waals surface area (Å²) in [7, 11) is -3.28. The third kappa shape index (κ3) is 4.69.